The van der Waals surface area contributed by atoms with Gasteiger partial charge in [-0.2, -0.15) is 0 Å². The number of carbonyl (C=O) groups is 1. The number of benzene rings is 2. The van der Waals surface area contributed by atoms with Crippen LogP contribution in [0.2, 0.25) is 0 Å². The molecule has 0 fully saturated rings. The molecule has 3 nitrogen and oxygen atoms in total. The average molecular weight is 414 g/mol. The van der Waals surface area contributed by atoms with Gasteiger partial charge in [0, 0.05) is 14.0 Å². The first-order valence-electron chi connectivity index (χ1n) is 6.27. The Kier molecular flexibility index (Phi) is 5.93. The Balaban J connectivity index is 2.02. The van der Waals surface area contributed by atoms with Crippen LogP contribution in [0, 0.1) is 3.57 Å². The molecule has 0 saturated carbocycles. The van der Waals surface area contributed by atoms with Crippen molar-refractivity contribution < 1.29 is 14.3 Å². The van der Waals surface area contributed by atoms with E-state index in [-0.39, 0.29) is 5.78 Å². The van der Waals surface area contributed by atoms with Crippen LogP contribution in [0.15, 0.2) is 47.4 Å². The largest absolute Gasteiger partial charge is 0.493 e. The first-order chi connectivity index (χ1) is 10.1. The molecule has 2 aromatic carbocycles. The van der Waals surface area contributed by atoms with Gasteiger partial charge in [-0.05, 0) is 52.9 Å². The quantitative estimate of drug-likeness (QED) is 0.402. The number of Topliss-reactive ketones (excluding diaryl/α,β-unsaturated/α-hetero) is 1. The fourth-order valence-electron chi connectivity index (χ4n) is 1.77. The van der Waals surface area contributed by atoms with Gasteiger partial charge in [-0.25, -0.2) is 0 Å². The van der Waals surface area contributed by atoms with Crippen molar-refractivity contribution in [3.05, 3.63) is 51.6 Å². The van der Waals surface area contributed by atoms with E-state index in [0.29, 0.717) is 17.3 Å². The van der Waals surface area contributed by atoms with Crippen molar-refractivity contribution in [1.29, 1.82) is 0 Å². The molecule has 2 rings (SSSR count). The topological polar surface area (TPSA) is 35.5 Å². The molecule has 0 saturated heterocycles. The van der Waals surface area contributed by atoms with Gasteiger partial charge in [0.1, 0.15) is 0 Å². The highest BCUT2D eigenvalue weighted by Crippen LogP contribution is 2.32. The van der Waals surface area contributed by atoms with Crippen LogP contribution in [0.1, 0.15) is 10.4 Å². The molecule has 0 N–H and O–H groups in total. The second-order valence-corrected chi connectivity index (χ2v) is 6.53. The molecule has 0 heterocycles. The lowest BCUT2D eigenvalue weighted by molar-refractivity contribution is 0.102. The highest BCUT2D eigenvalue weighted by molar-refractivity contribution is 14.1. The summed E-state index contributed by atoms with van der Waals surface area (Å²) in [5.41, 5.74) is 0.739. The van der Waals surface area contributed by atoms with Crippen molar-refractivity contribution in [3.63, 3.8) is 0 Å². The van der Waals surface area contributed by atoms with Crippen LogP contribution < -0.4 is 9.47 Å². The molecular weight excluding hydrogens is 399 g/mol. The van der Waals surface area contributed by atoms with E-state index in [9.17, 15) is 4.79 Å². The molecule has 21 heavy (non-hydrogen) atoms. The number of hydrogen-bond acceptors (Lipinski definition) is 4. The van der Waals surface area contributed by atoms with Gasteiger partial charge >= 0.3 is 0 Å². The van der Waals surface area contributed by atoms with Gasteiger partial charge in [-0.1, -0.05) is 12.1 Å². The molecule has 5 heteroatoms. The van der Waals surface area contributed by atoms with Crippen LogP contribution in [-0.2, 0) is 0 Å². The lowest BCUT2D eigenvalue weighted by Crippen LogP contribution is -2.02. The number of ketones is 1. The highest BCUT2D eigenvalue weighted by Gasteiger charge is 2.09. The summed E-state index contributed by atoms with van der Waals surface area (Å²) < 4.78 is 11.6. The van der Waals surface area contributed by atoms with Crippen molar-refractivity contribution in [1.82, 2.24) is 0 Å². The van der Waals surface area contributed by atoms with E-state index < -0.39 is 0 Å². The summed E-state index contributed by atoms with van der Waals surface area (Å²) in [6.07, 6.45) is 0. The number of carbonyl (C=O) groups excluding carboxylic acids is 1. The van der Waals surface area contributed by atoms with E-state index in [4.69, 9.17) is 9.47 Å². The summed E-state index contributed by atoms with van der Waals surface area (Å²) in [7, 11) is 3.20. The van der Waals surface area contributed by atoms with Crippen LogP contribution >= 0.6 is 34.4 Å². The lowest BCUT2D eigenvalue weighted by Gasteiger charge is -2.09. The molecule has 0 unspecified atom stereocenters. The summed E-state index contributed by atoms with van der Waals surface area (Å²) in [6.45, 7) is 0. The lowest BCUT2D eigenvalue weighted by atomic mass is 10.2. The SMILES string of the molecule is COc1ccc(SCC(=O)c2ccc(I)cc2)cc1OC. The van der Waals surface area contributed by atoms with Crippen molar-refractivity contribution in [2.45, 2.75) is 4.90 Å². The number of halogens is 1. The van der Waals surface area contributed by atoms with Crippen molar-refractivity contribution in [3.8, 4) is 11.5 Å². The molecule has 0 bridgehead atoms. The number of ether oxygens (including phenoxy) is 2. The summed E-state index contributed by atoms with van der Waals surface area (Å²) >= 11 is 3.71. The van der Waals surface area contributed by atoms with E-state index >= 15 is 0 Å². The second kappa shape index (κ2) is 7.70. The maximum atomic E-state index is 12.1. The zero-order valence-corrected chi connectivity index (χ0v) is 14.7. The highest BCUT2D eigenvalue weighted by atomic mass is 127. The Morgan fingerprint density at radius 1 is 1.05 bits per heavy atom. The molecule has 0 amide bonds. The van der Waals surface area contributed by atoms with Crippen LogP contribution in [0.5, 0.6) is 11.5 Å². The number of methoxy groups -OCH3 is 2. The monoisotopic (exact) mass is 414 g/mol. The third-order valence-corrected chi connectivity index (χ3v) is 4.60. The minimum absolute atomic E-state index is 0.117. The minimum Gasteiger partial charge on any atom is -0.493 e. The molecule has 0 aliphatic carbocycles. The molecule has 0 aromatic heterocycles. The van der Waals surface area contributed by atoms with E-state index in [1.54, 1.807) is 14.2 Å². The molecule has 110 valence electrons. The molecule has 0 atom stereocenters. The first kappa shape index (κ1) is 16.2. The first-order valence-corrected chi connectivity index (χ1v) is 8.34. The molecular formula is C16H15IO3S. The molecule has 0 aliphatic heterocycles. The fourth-order valence-corrected chi connectivity index (χ4v) is 2.95. The Labute approximate surface area is 142 Å². The summed E-state index contributed by atoms with van der Waals surface area (Å²) in [4.78, 5) is 13.1. The van der Waals surface area contributed by atoms with Gasteiger partial charge < -0.3 is 9.47 Å². The Bertz CT molecular complexity index is 626. The number of thioether (sulfide) groups is 1. The summed E-state index contributed by atoms with van der Waals surface area (Å²) in [5.74, 6) is 1.87. The van der Waals surface area contributed by atoms with E-state index in [1.807, 2.05) is 42.5 Å². The number of hydrogen-bond donors (Lipinski definition) is 0. The Hall–Kier alpha value is -1.21. The van der Waals surface area contributed by atoms with Crippen LogP contribution in [0.25, 0.3) is 0 Å². The standard InChI is InChI=1S/C16H15IO3S/c1-19-15-8-7-13(9-16(15)20-2)21-10-14(18)11-3-5-12(17)6-4-11/h3-9H,10H2,1-2H3. The minimum atomic E-state index is 0.117. The van der Waals surface area contributed by atoms with Gasteiger partial charge in [0.2, 0.25) is 0 Å². The third-order valence-electron chi connectivity index (χ3n) is 2.89. The number of rotatable bonds is 6. The Morgan fingerprint density at radius 2 is 1.71 bits per heavy atom. The van der Waals surface area contributed by atoms with Crippen molar-refractivity contribution in [2.75, 3.05) is 20.0 Å². The van der Waals surface area contributed by atoms with E-state index in [2.05, 4.69) is 22.6 Å². The smallest absolute Gasteiger partial charge is 0.173 e. The maximum absolute atomic E-state index is 12.1. The molecule has 0 spiro atoms. The maximum Gasteiger partial charge on any atom is 0.173 e. The average Bonchev–Trinajstić information content (AvgIpc) is 2.52. The zero-order chi connectivity index (χ0) is 15.2. The molecule has 0 aliphatic rings. The van der Waals surface area contributed by atoms with Gasteiger partial charge in [-0.3, -0.25) is 4.79 Å². The predicted octanol–water partition coefficient (Wildman–Crippen LogP) is 4.28. The van der Waals surface area contributed by atoms with Gasteiger partial charge in [0.25, 0.3) is 0 Å². The van der Waals surface area contributed by atoms with Crippen LogP contribution in [-0.4, -0.2) is 25.8 Å². The van der Waals surface area contributed by atoms with Crippen molar-refractivity contribution in [2.24, 2.45) is 0 Å². The summed E-state index contributed by atoms with van der Waals surface area (Å²) in [5, 5.41) is 0. The Morgan fingerprint density at radius 3 is 2.33 bits per heavy atom. The summed E-state index contributed by atoms with van der Waals surface area (Å²) in [6, 6.07) is 13.2. The molecule has 0 radical (unpaired) electrons. The van der Waals surface area contributed by atoms with Gasteiger partial charge in [0.05, 0.1) is 20.0 Å². The fraction of sp³-hybridized carbons (Fsp3) is 0.188. The normalized spacial score (nSPS) is 10.2. The predicted molar refractivity (Wildman–Crippen MR) is 93.8 cm³/mol. The zero-order valence-electron chi connectivity index (χ0n) is 11.8. The van der Waals surface area contributed by atoms with Gasteiger partial charge in [-0.15, -0.1) is 11.8 Å². The third kappa shape index (κ3) is 4.38. The van der Waals surface area contributed by atoms with E-state index in [0.717, 1.165) is 14.0 Å². The second-order valence-electron chi connectivity index (χ2n) is 4.24. The van der Waals surface area contributed by atoms with Crippen LogP contribution in [0.3, 0.4) is 0 Å². The van der Waals surface area contributed by atoms with E-state index in [1.165, 1.54) is 11.8 Å². The van der Waals surface area contributed by atoms with Crippen LogP contribution in [0.4, 0.5) is 0 Å². The van der Waals surface area contributed by atoms with Gasteiger partial charge in [0.15, 0.2) is 17.3 Å². The van der Waals surface area contributed by atoms with Crippen molar-refractivity contribution >= 4 is 40.1 Å². The molecule has 2 aromatic rings.